The van der Waals surface area contributed by atoms with Crippen LogP contribution in [0.15, 0.2) is 0 Å². The molecule has 1 heteroatoms. The highest BCUT2D eigenvalue weighted by molar-refractivity contribution is 4.97. The van der Waals surface area contributed by atoms with Crippen molar-refractivity contribution in [3.63, 3.8) is 0 Å². The van der Waals surface area contributed by atoms with E-state index < -0.39 is 0 Å². The molecule has 0 aromatic carbocycles. The normalized spacial score (nSPS) is 33.5. The van der Waals surface area contributed by atoms with Crippen LogP contribution in [0.4, 0.5) is 0 Å². The lowest BCUT2D eigenvalue weighted by Gasteiger charge is -2.44. The zero-order valence-corrected chi connectivity index (χ0v) is 12.8. The van der Waals surface area contributed by atoms with E-state index in [1.54, 1.807) is 0 Å². The average molecular weight is 251 g/mol. The van der Waals surface area contributed by atoms with E-state index in [-0.39, 0.29) is 0 Å². The molecule has 1 nitrogen and oxygen atoms in total. The Morgan fingerprint density at radius 1 is 1.06 bits per heavy atom. The highest BCUT2D eigenvalue weighted by Crippen LogP contribution is 2.48. The van der Waals surface area contributed by atoms with Crippen LogP contribution in [0.3, 0.4) is 0 Å². The van der Waals surface area contributed by atoms with Crippen LogP contribution < -0.4 is 5.32 Å². The van der Waals surface area contributed by atoms with E-state index in [0.29, 0.717) is 5.41 Å². The van der Waals surface area contributed by atoms with Gasteiger partial charge >= 0.3 is 0 Å². The van der Waals surface area contributed by atoms with Gasteiger partial charge in [0.2, 0.25) is 0 Å². The van der Waals surface area contributed by atoms with Crippen molar-refractivity contribution in [2.75, 3.05) is 7.05 Å². The molecule has 0 amide bonds. The first-order valence-electron chi connectivity index (χ1n) is 8.43. The van der Waals surface area contributed by atoms with Crippen molar-refractivity contribution >= 4 is 0 Å². The van der Waals surface area contributed by atoms with Crippen LogP contribution in [0.1, 0.15) is 78.1 Å². The second-order valence-corrected chi connectivity index (χ2v) is 6.88. The summed E-state index contributed by atoms with van der Waals surface area (Å²) in [6.45, 7) is 4.79. The largest absolute Gasteiger partial charge is 0.316 e. The minimum atomic E-state index is 0.637. The predicted molar refractivity (Wildman–Crippen MR) is 79.8 cm³/mol. The van der Waals surface area contributed by atoms with Gasteiger partial charge in [-0.25, -0.2) is 0 Å². The fourth-order valence-corrected chi connectivity index (χ4v) is 4.94. The lowest BCUT2D eigenvalue weighted by atomic mass is 9.66. The molecule has 1 atom stereocenters. The summed E-state index contributed by atoms with van der Waals surface area (Å²) in [7, 11) is 2.21. The van der Waals surface area contributed by atoms with Crippen molar-refractivity contribution < 1.29 is 0 Å². The Morgan fingerprint density at radius 2 is 1.67 bits per heavy atom. The lowest BCUT2D eigenvalue weighted by molar-refractivity contribution is 0.103. The van der Waals surface area contributed by atoms with Crippen LogP contribution in [0, 0.1) is 17.3 Å². The molecule has 0 bridgehead atoms. The molecule has 0 spiro atoms. The first-order valence-corrected chi connectivity index (χ1v) is 8.43. The van der Waals surface area contributed by atoms with Crippen molar-refractivity contribution in [2.24, 2.45) is 17.3 Å². The Labute approximate surface area is 114 Å². The third kappa shape index (κ3) is 2.76. The maximum Gasteiger partial charge on any atom is 0.0149 e. The van der Waals surface area contributed by atoms with Crippen molar-refractivity contribution in [3.8, 4) is 0 Å². The van der Waals surface area contributed by atoms with Gasteiger partial charge in [-0.3, -0.25) is 0 Å². The molecule has 1 N–H and O–H groups in total. The maximum atomic E-state index is 3.74. The van der Waals surface area contributed by atoms with Crippen LogP contribution in [0.2, 0.25) is 0 Å². The maximum absolute atomic E-state index is 3.74. The third-order valence-electron chi connectivity index (χ3n) is 6.21. The zero-order valence-electron chi connectivity index (χ0n) is 12.8. The molecular formula is C17H33N. The zero-order chi connectivity index (χ0) is 13.0. The van der Waals surface area contributed by atoms with E-state index in [4.69, 9.17) is 0 Å². The topological polar surface area (TPSA) is 12.0 Å². The lowest BCUT2D eigenvalue weighted by Crippen LogP contribution is -2.48. The summed E-state index contributed by atoms with van der Waals surface area (Å²) in [5.41, 5.74) is 0.637. The Balaban J connectivity index is 2.00. The van der Waals surface area contributed by atoms with Crippen molar-refractivity contribution in [3.05, 3.63) is 0 Å². The first kappa shape index (κ1) is 14.4. The predicted octanol–water partition coefficient (Wildman–Crippen LogP) is 4.76. The molecule has 0 radical (unpaired) electrons. The van der Waals surface area contributed by atoms with Gasteiger partial charge in [0.05, 0.1) is 0 Å². The molecule has 18 heavy (non-hydrogen) atoms. The van der Waals surface area contributed by atoms with Gasteiger partial charge < -0.3 is 5.32 Å². The van der Waals surface area contributed by atoms with Gasteiger partial charge in [0.25, 0.3) is 0 Å². The first-order chi connectivity index (χ1) is 8.75. The Hall–Kier alpha value is -0.0400. The minimum absolute atomic E-state index is 0.637. The Kier molecular flexibility index (Phi) is 5.12. The van der Waals surface area contributed by atoms with E-state index in [1.165, 1.54) is 64.2 Å². The molecule has 1 unspecified atom stereocenters. The summed E-state index contributed by atoms with van der Waals surface area (Å²) >= 11 is 0. The number of rotatable bonds is 5. The van der Waals surface area contributed by atoms with E-state index in [2.05, 4.69) is 26.2 Å². The number of hydrogen-bond donors (Lipinski definition) is 1. The second kappa shape index (κ2) is 6.41. The number of hydrogen-bond acceptors (Lipinski definition) is 1. The Bertz CT molecular complexity index is 234. The van der Waals surface area contributed by atoms with Gasteiger partial charge in [0, 0.05) is 6.04 Å². The molecule has 2 aliphatic rings. The van der Waals surface area contributed by atoms with Gasteiger partial charge in [-0.1, -0.05) is 46.0 Å². The summed E-state index contributed by atoms with van der Waals surface area (Å²) < 4.78 is 0. The summed E-state index contributed by atoms with van der Waals surface area (Å²) in [5.74, 6) is 1.98. The van der Waals surface area contributed by atoms with Crippen LogP contribution >= 0.6 is 0 Å². The summed E-state index contributed by atoms with van der Waals surface area (Å²) in [6, 6.07) is 0.794. The monoisotopic (exact) mass is 251 g/mol. The smallest absolute Gasteiger partial charge is 0.0149 e. The van der Waals surface area contributed by atoms with Crippen molar-refractivity contribution in [1.29, 1.82) is 0 Å². The van der Waals surface area contributed by atoms with Crippen LogP contribution in [0.25, 0.3) is 0 Å². The van der Waals surface area contributed by atoms with E-state index in [1.807, 2.05) is 0 Å². The molecule has 2 rings (SSSR count). The molecule has 0 saturated heterocycles. The van der Waals surface area contributed by atoms with E-state index in [9.17, 15) is 0 Å². The van der Waals surface area contributed by atoms with Crippen molar-refractivity contribution in [2.45, 2.75) is 84.1 Å². The summed E-state index contributed by atoms with van der Waals surface area (Å²) in [4.78, 5) is 0. The average Bonchev–Trinajstić information content (AvgIpc) is 2.90. The Morgan fingerprint density at radius 3 is 2.11 bits per heavy atom. The molecule has 0 heterocycles. The summed E-state index contributed by atoms with van der Waals surface area (Å²) in [6.07, 6.45) is 14.6. The SMILES string of the molecule is CCC1CCC(C(NC)C2(CC)CCCC2)CC1. The molecule has 0 aromatic heterocycles. The van der Waals surface area contributed by atoms with Crippen LogP contribution in [-0.4, -0.2) is 13.1 Å². The quantitative estimate of drug-likeness (QED) is 0.743. The summed E-state index contributed by atoms with van der Waals surface area (Å²) in [5, 5.41) is 3.74. The third-order valence-corrected chi connectivity index (χ3v) is 6.21. The minimum Gasteiger partial charge on any atom is -0.316 e. The van der Waals surface area contributed by atoms with E-state index >= 15 is 0 Å². The standard InChI is InChI=1S/C17H33N/c1-4-14-8-10-15(11-9-14)16(18-3)17(5-2)12-6-7-13-17/h14-16,18H,4-13H2,1-3H3. The van der Waals surface area contributed by atoms with Gasteiger partial charge in [0.15, 0.2) is 0 Å². The van der Waals surface area contributed by atoms with Crippen molar-refractivity contribution in [1.82, 2.24) is 5.32 Å². The highest BCUT2D eigenvalue weighted by Gasteiger charge is 2.43. The van der Waals surface area contributed by atoms with E-state index in [0.717, 1.165) is 17.9 Å². The molecule has 2 saturated carbocycles. The second-order valence-electron chi connectivity index (χ2n) is 6.88. The van der Waals surface area contributed by atoms with Gasteiger partial charge in [-0.05, 0) is 56.4 Å². The van der Waals surface area contributed by atoms with Crippen LogP contribution in [-0.2, 0) is 0 Å². The van der Waals surface area contributed by atoms with Gasteiger partial charge in [-0.15, -0.1) is 0 Å². The molecule has 2 fully saturated rings. The molecule has 106 valence electrons. The highest BCUT2D eigenvalue weighted by atomic mass is 14.9. The van der Waals surface area contributed by atoms with Crippen LogP contribution in [0.5, 0.6) is 0 Å². The molecule has 0 aromatic rings. The molecular weight excluding hydrogens is 218 g/mol. The fraction of sp³-hybridized carbons (Fsp3) is 1.00. The molecule has 2 aliphatic carbocycles. The van der Waals surface area contributed by atoms with Gasteiger partial charge in [0.1, 0.15) is 0 Å². The number of nitrogens with one attached hydrogen (secondary N) is 1. The molecule has 0 aliphatic heterocycles. The fourth-order valence-electron chi connectivity index (χ4n) is 4.94. The van der Waals surface area contributed by atoms with Gasteiger partial charge in [-0.2, -0.15) is 0 Å².